The lowest BCUT2D eigenvalue weighted by Gasteiger charge is -2.20. The number of carbonyl (C=O) groups excluding carboxylic acids is 1. The summed E-state index contributed by atoms with van der Waals surface area (Å²) in [5.41, 5.74) is 0.257. The standard InChI is InChI=1S/C14H20FN5O4.H3NO2/c1-7(2)12(22)18-14-17-11-10(13(23)19-14)16-6-20(11)9(4-15)24-8(3)5-21;2-1-3/h6-9,21H,4-5H2,1-3H3,(H2,17,18,19,22,23);1-3H. The molecule has 0 fully saturated rings. The van der Waals surface area contributed by atoms with Crippen LogP contribution in [0.5, 0.6) is 0 Å². The summed E-state index contributed by atoms with van der Waals surface area (Å²) in [6, 6.07) is 0. The second-order valence-electron chi connectivity index (χ2n) is 5.72. The van der Waals surface area contributed by atoms with Crippen molar-refractivity contribution in [2.45, 2.75) is 33.1 Å². The Labute approximate surface area is 152 Å². The fourth-order valence-electron chi connectivity index (χ4n) is 1.94. The van der Waals surface area contributed by atoms with Gasteiger partial charge in [0, 0.05) is 5.92 Å². The minimum atomic E-state index is -1.10. The van der Waals surface area contributed by atoms with Crippen molar-refractivity contribution >= 4 is 23.0 Å². The highest BCUT2D eigenvalue weighted by Crippen LogP contribution is 2.18. The molecule has 2 aromatic heterocycles. The molecule has 0 bridgehead atoms. The maximum Gasteiger partial charge on any atom is 0.280 e. The minimum absolute atomic E-state index is 0.00347. The molecule has 13 heteroatoms. The fraction of sp³-hybridized carbons (Fsp3) is 0.571. The number of nitrogens with zero attached hydrogens (tertiary/aromatic N) is 3. The van der Waals surface area contributed by atoms with E-state index in [9.17, 15) is 14.0 Å². The summed E-state index contributed by atoms with van der Waals surface area (Å²) in [4.78, 5) is 34.2. The number of amides is 1. The van der Waals surface area contributed by atoms with Crippen molar-refractivity contribution < 1.29 is 29.4 Å². The number of carbonyl (C=O) groups is 1. The number of rotatable bonds is 7. The van der Waals surface area contributed by atoms with Crippen LogP contribution < -0.4 is 16.5 Å². The number of anilines is 1. The lowest BCUT2D eigenvalue weighted by atomic mass is 10.2. The van der Waals surface area contributed by atoms with E-state index >= 15 is 0 Å². The zero-order valence-corrected chi connectivity index (χ0v) is 15.0. The molecule has 0 aliphatic carbocycles. The Bertz CT molecular complexity index is 794. The summed E-state index contributed by atoms with van der Waals surface area (Å²) in [5, 5.41) is 25.3. The van der Waals surface area contributed by atoms with E-state index in [1.54, 1.807) is 20.8 Å². The molecule has 0 saturated carbocycles. The van der Waals surface area contributed by atoms with Crippen molar-refractivity contribution in [3.8, 4) is 0 Å². The maximum absolute atomic E-state index is 13.3. The topological polar surface area (TPSA) is 175 Å². The number of aromatic amines is 1. The average Bonchev–Trinajstić information content (AvgIpc) is 3.04. The normalized spacial score (nSPS) is 13.2. The van der Waals surface area contributed by atoms with E-state index in [0.29, 0.717) is 0 Å². The van der Waals surface area contributed by atoms with Gasteiger partial charge in [-0.1, -0.05) is 19.5 Å². The van der Waals surface area contributed by atoms with E-state index in [-0.39, 0.29) is 35.5 Å². The summed E-state index contributed by atoms with van der Waals surface area (Å²) in [7, 11) is 0. The smallest absolute Gasteiger partial charge is 0.280 e. The Balaban J connectivity index is 0.00000114. The highest BCUT2D eigenvalue weighted by molar-refractivity contribution is 5.91. The SMILES string of the molecule is CC(CO)OC(CF)n1cnc2c(=O)[nH]c(NC(=O)C(C)C)nc21.ONO. The molecule has 6 N–H and O–H groups in total. The number of ether oxygens (including phenoxy) is 1. The van der Waals surface area contributed by atoms with Crippen LogP contribution in [0.3, 0.4) is 0 Å². The second-order valence-corrected chi connectivity index (χ2v) is 5.72. The quantitative estimate of drug-likeness (QED) is 0.354. The zero-order valence-electron chi connectivity index (χ0n) is 15.0. The molecule has 2 aromatic rings. The maximum atomic E-state index is 13.3. The number of hydrogen-bond donors (Lipinski definition) is 6. The number of nitrogens with one attached hydrogen (secondary N) is 3. The fourth-order valence-corrected chi connectivity index (χ4v) is 1.94. The summed E-state index contributed by atoms with van der Waals surface area (Å²) < 4.78 is 19.9. The summed E-state index contributed by atoms with van der Waals surface area (Å²) in [5.74, 6) is -0.681. The monoisotopic (exact) mass is 390 g/mol. The molecular weight excluding hydrogens is 367 g/mol. The first kappa shape index (κ1) is 22.6. The molecule has 2 unspecified atom stereocenters. The average molecular weight is 390 g/mol. The van der Waals surface area contributed by atoms with Crippen LogP contribution in [0, 0.1) is 5.92 Å². The van der Waals surface area contributed by atoms with Crippen molar-refractivity contribution in [2.75, 3.05) is 18.6 Å². The molecule has 2 heterocycles. The van der Waals surface area contributed by atoms with Gasteiger partial charge in [0.25, 0.3) is 5.56 Å². The van der Waals surface area contributed by atoms with Gasteiger partial charge < -0.3 is 9.84 Å². The van der Waals surface area contributed by atoms with Crippen LogP contribution in [0.15, 0.2) is 11.1 Å². The molecule has 152 valence electrons. The molecule has 0 aliphatic heterocycles. The van der Waals surface area contributed by atoms with Crippen molar-refractivity contribution in [3.05, 3.63) is 16.7 Å². The Kier molecular flexibility index (Phi) is 8.90. The number of imidazole rings is 1. The van der Waals surface area contributed by atoms with Crippen molar-refractivity contribution in [1.29, 1.82) is 0 Å². The van der Waals surface area contributed by atoms with Gasteiger partial charge in [-0.3, -0.25) is 34.9 Å². The first-order chi connectivity index (χ1) is 12.8. The van der Waals surface area contributed by atoms with Crippen molar-refractivity contribution in [1.82, 2.24) is 25.2 Å². The lowest BCUT2D eigenvalue weighted by molar-refractivity contribution is -0.118. The molecule has 0 aromatic carbocycles. The summed E-state index contributed by atoms with van der Waals surface area (Å²) in [6.45, 7) is 3.78. The summed E-state index contributed by atoms with van der Waals surface area (Å²) in [6.07, 6.45) is -0.472. The van der Waals surface area contributed by atoms with Crippen LogP contribution in [-0.2, 0) is 9.53 Å². The second kappa shape index (κ2) is 10.6. The number of aliphatic hydroxyl groups is 1. The van der Waals surface area contributed by atoms with E-state index in [0.717, 1.165) is 5.64 Å². The van der Waals surface area contributed by atoms with Gasteiger partial charge in [0.15, 0.2) is 17.4 Å². The Morgan fingerprint density at radius 2 is 2.04 bits per heavy atom. The molecule has 0 radical (unpaired) electrons. The predicted octanol–water partition coefficient (Wildman–Crippen LogP) is -0.0660. The van der Waals surface area contributed by atoms with Crippen molar-refractivity contribution in [3.63, 3.8) is 0 Å². The van der Waals surface area contributed by atoms with E-state index in [2.05, 4.69) is 20.3 Å². The first-order valence-electron chi connectivity index (χ1n) is 7.92. The predicted molar refractivity (Wildman–Crippen MR) is 91.0 cm³/mol. The molecule has 27 heavy (non-hydrogen) atoms. The summed E-state index contributed by atoms with van der Waals surface area (Å²) >= 11 is 0. The first-order valence-corrected chi connectivity index (χ1v) is 7.92. The van der Waals surface area contributed by atoms with Crippen LogP contribution in [0.25, 0.3) is 11.2 Å². The van der Waals surface area contributed by atoms with Gasteiger partial charge in [0.1, 0.15) is 6.67 Å². The number of alkyl halides is 1. The van der Waals surface area contributed by atoms with Gasteiger partial charge in [-0.25, -0.2) is 9.37 Å². The number of aromatic nitrogens is 4. The van der Waals surface area contributed by atoms with Gasteiger partial charge in [0.05, 0.1) is 19.0 Å². The molecule has 2 atom stereocenters. The van der Waals surface area contributed by atoms with E-state index in [1.165, 1.54) is 10.9 Å². The van der Waals surface area contributed by atoms with Gasteiger partial charge in [-0.05, 0) is 6.92 Å². The molecule has 1 amide bonds. The Morgan fingerprint density at radius 1 is 1.41 bits per heavy atom. The van der Waals surface area contributed by atoms with Crippen LogP contribution >= 0.6 is 0 Å². The van der Waals surface area contributed by atoms with E-state index in [4.69, 9.17) is 20.3 Å². The molecule has 0 saturated heterocycles. The van der Waals surface area contributed by atoms with E-state index < -0.39 is 24.6 Å². The minimum Gasteiger partial charge on any atom is -0.394 e. The molecule has 12 nitrogen and oxygen atoms in total. The molecule has 0 spiro atoms. The van der Waals surface area contributed by atoms with Crippen LogP contribution in [-0.4, -0.2) is 60.3 Å². The van der Waals surface area contributed by atoms with Crippen LogP contribution in [0.1, 0.15) is 27.0 Å². The zero-order chi connectivity index (χ0) is 20.6. The van der Waals surface area contributed by atoms with Gasteiger partial charge in [0.2, 0.25) is 11.9 Å². The van der Waals surface area contributed by atoms with Crippen LogP contribution in [0.4, 0.5) is 10.3 Å². The number of halogens is 1. The number of hydrogen-bond acceptors (Lipinski definition) is 9. The van der Waals surface area contributed by atoms with Crippen molar-refractivity contribution in [2.24, 2.45) is 5.92 Å². The van der Waals surface area contributed by atoms with Gasteiger partial charge in [-0.15, -0.1) is 0 Å². The molecular formula is C14H23FN6O6. The lowest BCUT2D eigenvalue weighted by Crippen LogP contribution is -2.24. The number of H-pyrrole nitrogens is 1. The highest BCUT2D eigenvalue weighted by Gasteiger charge is 2.20. The molecule has 2 rings (SSSR count). The Hall–Kier alpha value is -2.45. The number of fused-ring (bicyclic) bond motifs is 1. The van der Waals surface area contributed by atoms with E-state index in [1.807, 2.05) is 0 Å². The molecule has 0 aliphatic rings. The third-order valence-electron chi connectivity index (χ3n) is 3.29. The van der Waals surface area contributed by atoms with Gasteiger partial charge >= 0.3 is 0 Å². The highest BCUT2D eigenvalue weighted by atomic mass is 19.1. The third-order valence-corrected chi connectivity index (χ3v) is 3.29. The largest absolute Gasteiger partial charge is 0.394 e. The number of aliphatic hydroxyl groups excluding tert-OH is 1. The third kappa shape index (κ3) is 6.04. The van der Waals surface area contributed by atoms with Crippen LogP contribution in [0.2, 0.25) is 0 Å². The van der Waals surface area contributed by atoms with Gasteiger partial charge in [-0.2, -0.15) is 4.98 Å². The Morgan fingerprint density at radius 3 is 2.56 bits per heavy atom.